The van der Waals surface area contributed by atoms with Crippen molar-refractivity contribution in [2.24, 2.45) is 5.84 Å². The van der Waals surface area contributed by atoms with Crippen LogP contribution < -0.4 is 16.6 Å². The number of hydrazine groups is 1. The largest absolute Gasteiger partial charge is 0.326 e. The summed E-state index contributed by atoms with van der Waals surface area (Å²) in [5.74, 6) is 5.42. The number of allylic oxidation sites excluding steroid dienone is 2. The maximum Gasteiger partial charge on any atom is 0.224 e. The maximum atomic E-state index is 11.9. The molecule has 4 N–H and O–H groups in total. The molecular weight excluding hydrogens is 346 g/mol. The van der Waals surface area contributed by atoms with E-state index in [0.29, 0.717) is 6.42 Å². The third-order valence-electron chi connectivity index (χ3n) is 5.00. The number of nitrogens with two attached hydrogens (primary N) is 1. The minimum Gasteiger partial charge on any atom is -0.326 e. The molecule has 0 aliphatic heterocycles. The molecule has 1 rings (SSSR count). The van der Waals surface area contributed by atoms with Crippen LogP contribution in [0.15, 0.2) is 36.4 Å². The molecule has 0 saturated heterocycles. The van der Waals surface area contributed by atoms with Crippen molar-refractivity contribution < 1.29 is 4.79 Å². The summed E-state index contributed by atoms with van der Waals surface area (Å²) in [6.45, 7) is 2.27. The van der Waals surface area contributed by atoms with E-state index in [9.17, 15) is 4.79 Å². The highest BCUT2D eigenvalue weighted by Crippen LogP contribution is 2.14. The van der Waals surface area contributed by atoms with Crippen molar-refractivity contribution >= 4 is 17.3 Å². The second-order valence-corrected chi connectivity index (χ2v) is 7.60. The minimum absolute atomic E-state index is 0.0890. The van der Waals surface area contributed by atoms with Gasteiger partial charge in [0.2, 0.25) is 5.91 Å². The number of hydrogen-bond donors (Lipinski definition) is 3. The van der Waals surface area contributed by atoms with Gasteiger partial charge in [0.1, 0.15) is 0 Å². The van der Waals surface area contributed by atoms with Crippen molar-refractivity contribution in [1.82, 2.24) is 0 Å². The van der Waals surface area contributed by atoms with Crippen molar-refractivity contribution in [3.63, 3.8) is 0 Å². The first kappa shape index (κ1) is 24.2. The van der Waals surface area contributed by atoms with Gasteiger partial charge in [-0.3, -0.25) is 10.6 Å². The third kappa shape index (κ3) is 13.4. The van der Waals surface area contributed by atoms with Gasteiger partial charge >= 0.3 is 0 Å². The summed E-state index contributed by atoms with van der Waals surface area (Å²) in [4.78, 5) is 11.9. The molecule has 0 spiro atoms. The highest BCUT2D eigenvalue weighted by Gasteiger charge is 2.02. The number of hydrogen-bond acceptors (Lipinski definition) is 3. The quantitative estimate of drug-likeness (QED) is 0.117. The van der Waals surface area contributed by atoms with Crippen LogP contribution in [0.25, 0.3) is 0 Å². The molecule has 4 nitrogen and oxygen atoms in total. The number of amides is 1. The Morgan fingerprint density at radius 3 is 1.86 bits per heavy atom. The molecular formula is C24H41N3O. The summed E-state index contributed by atoms with van der Waals surface area (Å²) in [5.41, 5.74) is 4.22. The third-order valence-corrected chi connectivity index (χ3v) is 5.00. The van der Waals surface area contributed by atoms with Gasteiger partial charge in [0.25, 0.3) is 0 Å². The zero-order valence-electron chi connectivity index (χ0n) is 17.8. The van der Waals surface area contributed by atoms with E-state index < -0.39 is 0 Å². The van der Waals surface area contributed by atoms with Crippen molar-refractivity contribution in [1.29, 1.82) is 0 Å². The van der Waals surface area contributed by atoms with E-state index in [1.807, 2.05) is 24.3 Å². The summed E-state index contributed by atoms with van der Waals surface area (Å²) in [5, 5.41) is 2.93. The predicted octanol–water partition coefficient (Wildman–Crippen LogP) is 6.95. The molecule has 0 radical (unpaired) electrons. The number of carbonyl (C=O) groups excluding carboxylic acids is 1. The smallest absolute Gasteiger partial charge is 0.224 e. The van der Waals surface area contributed by atoms with Crippen LogP contribution >= 0.6 is 0 Å². The first-order valence-corrected chi connectivity index (χ1v) is 11.3. The number of unbranched alkanes of at least 4 members (excludes halogenated alkanes) is 11. The topological polar surface area (TPSA) is 67.2 Å². The van der Waals surface area contributed by atoms with Gasteiger partial charge in [-0.05, 0) is 56.4 Å². The Morgan fingerprint density at radius 1 is 0.786 bits per heavy atom. The van der Waals surface area contributed by atoms with Gasteiger partial charge in [0.15, 0.2) is 0 Å². The number of benzene rings is 1. The predicted molar refractivity (Wildman–Crippen MR) is 122 cm³/mol. The fraction of sp³-hybridized carbons (Fsp3) is 0.625. The lowest BCUT2D eigenvalue weighted by atomic mass is 10.1. The van der Waals surface area contributed by atoms with Crippen molar-refractivity contribution in [2.45, 2.75) is 96.8 Å². The summed E-state index contributed by atoms with van der Waals surface area (Å²) >= 11 is 0. The Labute approximate surface area is 172 Å². The van der Waals surface area contributed by atoms with E-state index in [1.165, 1.54) is 70.6 Å². The fourth-order valence-electron chi connectivity index (χ4n) is 3.23. The summed E-state index contributed by atoms with van der Waals surface area (Å²) in [7, 11) is 0. The van der Waals surface area contributed by atoms with E-state index in [0.717, 1.165) is 24.2 Å². The first-order valence-electron chi connectivity index (χ1n) is 11.3. The van der Waals surface area contributed by atoms with Gasteiger partial charge in [-0.15, -0.1) is 0 Å². The van der Waals surface area contributed by atoms with Crippen molar-refractivity contribution in [3.8, 4) is 0 Å². The van der Waals surface area contributed by atoms with Gasteiger partial charge in [0.05, 0.1) is 0 Å². The Balaban J connectivity index is 1.89. The highest BCUT2D eigenvalue weighted by molar-refractivity contribution is 5.90. The van der Waals surface area contributed by atoms with E-state index in [2.05, 4.69) is 29.8 Å². The van der Waals surface area contributed by atoms with Crippen LogP contribution in [0, 0.1) is 0 Å². The van der Waals surface area contributed by atoms with Gasteiger partial charge in [0, 0.05) is 17.8 Å². The first-order chi connectivity index (χ1) is 13.8. The molecule has 4 heteroatoms. The molecule has 1 aromatic rings. The van der Waals surface area contributed by atoms with Crippen LogP contribution in [-0.4, -0.2) is 5.91 Å². The van der Waals surface area contributed by atoms with Crippen LogP contribution in [0.4, 0.5) is 11.4 Å². The number of carbonyl (C=O) groups is 1. The fourth-order valence-corrected chi connectivity index (χ4v) is 3.23. The van der Waals surface area contributed by atoms with Gasteiger partial charge in [-0.25, -0.2) is 0 Å². The summed E-state index contributed by atoms with van der Waals surface area (Å²) < 4.78 is 0. The molecule has 1 amide bonds. The number of anilines is 2. The summed E-state index contributed by atoms with van der Waals surface area (Å²) in [6.07, 6.45) is 21.8. The monoisotopic (exact) mass is 387 g/mol. The molecule has 0 aliphatic rings. The molecule has 0 saturated carbocycles. The van der Waals surface area contributed by atoms with E-state index in [-0.39, 0.29) is 5.91 Å². The Bertz CT molecular complexity index is 525. The van der Waals surface area contributed by atoms with E-state index in [4.69, 9.17) is 5.84 Å². The zero-order valence-corrected chi connectivity index (χ0v) is 17.8. The van der Waals surface area contributed by atoms with Gasteiger partial charge in [-0.1, -0.05) is 70.4 Å². The summed E-state index contributed by atoms with van der Waals surface area (Å²) in [6, 6.07) is 7.40. The lowest BCUT2D eigenvalue weighted by Crippen LogP contribution is -2.11. The number of rotatable bonds is 17. The van der Waals surface area contributed by atoms with E-state index in [1.54, 1.807) is 0 Å². The van der Waals surface area contributed by atoms with Crippen LogP contribution in [0.2, 0.25) is 0 Å². The zero-order chi connectivity index (χ0) is 20.3. The number of nitrogens with one attached hydrogen (secondary N) is 2. The maximum absolute atomic E-state index is 11.9. The van der Waals surface area contributed by atoms with Crippen LogP contribution in [0.1, 0.15) is 96.8 Å². The number of nitrogen functional groups attached to an aromatic ring is 1. The molecule has 0 fully saturated rings. The van der Waals surface area contributed by atoms with Crippen molar-refractivity contribution in [2.75, 3.05) is 10.7 Å². The molecule has 0 atom stereocenters. The molecule has 0 aliphatic carbocycles. The van der Waals surface area contributed by atoms with Crippen LogP contribution in [0.5, 0.6) is 0 Å². The lowest BCUT2D eigenvalue weighted by molar-refractivity contribution is -0.116. The minimum atomic E-state index is 0.0890. The second kappa shape index (κ2) is 17.3. The molecule has 0 heterocycles. The normalized spacial score (nSPS) is 11.1. The highest BCUT2D eigenvalue weighted by atomic mass is 16.1. The molecule has 0 bridgehead atoms. The Hall–Kier alpha value is -1.81. The Kier molecular flexibility index (Phi) is 15.0. The molecule has 28 heavy (non-hydrogen) atoms. The molecule has 1 aromatic carbocycles. The van der Waals surface area contributed by atoms with Crippen LogP contribution in [0.3, 0.4) is 0 Å². The standard InChI is InChI=1S/C24H41N3O/c1-2-3-4-5-6-7-8-9-10-11-12-13-14-15-16-17-24(28)26-22-18-20-23(27-25)21-19-22/h9-10,18-21,27H,2-8,11-17,25H2,1H3,(H,26,28). The van der Waals surface area contributed by atoms with Gasteiger partial charge in [-0.2, -0.15) is 0 Å². The molecule has 158 valence electrons. The van der Waals surface area contributed by atoms with Crippen LogP contribution in [-0.2, 0) is 4.79 Å². The molecule has 0 aromatic heterocycles. The second-order valence-electron chi connectivity index (χ2n) is 7.60. The average Bonchev–Trinajstić information content (AvgIpc) is 2.71. The lowest BCUT2D eigenvalue weighted by Gasteiger charge is -2.06. The average molecular weight is 388 g/mol. The van der Waals surface area contributed by atoms with Gasteiger partial charge < -0.3 is 10.7 Å². The van der Waals surface area contributed by atoms with E-state index >= 15 is 0 Å². The molecule has 0 unspecified atom stereocenters. The Morgan fingerprint density at radius 2 is 1.29 bits per heavy atom. The SMILES string of the molecule is CCCCCCCCC=CCCCCCCCC(=O)Nc1ccc(NN)cc1. The van der Waals surface area contributed by atoms with Crippen molar-refractivity contribution in [3.05, 3.63) is 36.4 Å².